The maximum atomic E-state index is 5.77. The first-order valence-electron chi connectivity index (χ1n) is 27.7. The first kappa shape index (κ1) is 54.1. The van der Waals surface area contributed by atoms with Gasteiger partial charge in [0.25, 0.3) is 0 Å². The number of benzene rings is 2. The van der Waals surface area contributed by atoms with E-state index in [1.807, 2.05) is 50.8 Å². The summed E-state index contributed by atoms with van der Waals surface area (Å²) in [6, 6.07) is 9.96. The highest BCUT2D eigenvalue weighted by molar-refractivity contribution is 5.94. The van der Waals surface area contributed by atoms with Crippen LogP contribution >= 0.6 is 0 Å². The fraction of sp³-hybridized carbons (Fsp3) is 0.552. The number of anilines is 6. The third-order valence-corrected chi connectivity index (χ3v) is 15.1. The predicted molar refractivity (Wildman–Crippen MR) is 306 cm³/mol. The van der Waals surface area contributed by atoms with E-state index >= 15 is 0 Å². The van der Waals surface area contributed by atoms with E-state index in [1.165, 1.54) is 51.9 Å². The number of methoxy groups -OCH3 is 2. The second kappa shape index (κ2) is 25.9. The van der Waals surface area contributed by atoms with E-state index in [4.69, 9.17) is 29.4 Å². The third-order valence-electron chi connectivity index (χ3n) is 15.1. The van der Waals surface area contributed by atoms with E-state index in [2.05, 4.69) is 102 Å². The van der Waals surface area contributed by atoms with Crippen molar-refractivity contribution < 1.29 is 9.47 Å². The molecule has 4 aliphatic rings. The van der Waals surface area contributed by atoms with Crippen molar-refractivity contribution >= 4 is 56.7 Å². The Bertz CT molecular complexity index is 2790. The molecule has 0 atom stereocenters. The maximum absolute atomic E-state index is 5.77. The van der Waals surface area contributed by atoms with Gasteiger partial charge in [-0.25, -0.2) is 9.97 Å². The molecule has 4 N–H and O–H groups in total. The standard InChI is InChI=1S/2C29H40N8O/c2*1-21(2)37-15-10-23(11-16-37)31-28-25-18-27(38-4)22(9-5-6-12-36-13-7-8-14-36)17-26(25)33-29(34-28)32-24-19-30-35(3)20-24/h2*17-21,23H,6-8,10-16H2,1-4H3,(H2,31,32,33,34). The van der Waals surface area contributed by atoms with Gasteiger partial charge in [-0.2, -0.15) is 20.2 Å². The average Bonchev–Trinajstić information content (AvgIpc) is 4.28. The minimum Gasteiger partial charge on any atom is -0.495 e. The van der Waals surface area contributed by atoms with Crippen molar-refractivity contribution in [1.29, 1.82) is 0 Å². The Balaban J connectivity index is 0.000000186. The van der Waals surface area contributed by atoms with Crippen molar-refractivity contribution in [3.63, 3.8) is 0 Å². The highest BCUT2D eigenvalue weighted by Gasteiger charge is 2.25. The van der Waals surface area contributed by atoms with Gasteiger partial charge in [0.1, 0.15) is 23.1 Å². The lowest BCUT2D eigenvalue weighted by Crippen LogP contribution is -2.42. The molecule has 0 amide bonds. The molecular formula is C58H80N16O2. The van der Waals surface area contributed by atoms with Gasteiger partial charge in [-0.1, -0.05) is 23.7 Å². The van der Waals surface area contributed by atoms with Gasteiger partial charge in [0.05, 0.1) is 60.1 Å². The Kier molecular flexibility index (Phi) is 18.4. The molecule has 76 heavy (non-hydrogen) atoms. The number of rotatable bonds is 16. The van der Waals surface area contributed by atoms with Crippen molar-refractivity contribution in [3.8, 4) is 35.2 Å². The highest BCUT2D eigenvalue weighted by atomic mass is 16.5. The van der Waals surface area contributed by atoms with Gasteiger partial charge in [-0.15, -0.1) is 0 Å². The first-order chi connectivity index (χ1) is 37.0. The third kappa shape index (κ3) is 14.4. The van der Waals surface area contributed by atoms with Crippen LogP contribution in [0, 0.1) is 23.7 Å². The second-order valence-corrected chi connectivity index (χ2v) is 21.3. The molecule has 0 bridgehead atoms. The average molecular weight is 1030 g/mol. The number of hydrogen-bond acceptors (Lipinski definition) is 16. The number of nitrogens with zero attached hydrogens (tertiary/aromatic N) is 12. The van der Waals surface area contributed by atoms with Crippen LogP contribution in [0.2, 0.25) is 0 Å². The molecule has 0 saturated carbocycles. The van der Waals surface area contributed by atoms with Gasteiger partial charge in [0, 0.05) is 114 Å². The maximum Gasteiger partial charge on any atom is 0.229 e. The monoisotopic (exact) mass is 1030 g/mol. The molecule has 18 heteroatoms. The lowest BCUT2D eigenvalue weighted by Gasteiger charge is -2.35. The minimum atomic E-state index is 0.352. The van der Waals surface area contributed by atoms with E-state index in [0.29, 0.717) is 36.1 Å². The quantitative estimate of drug-likeness (QED) is 0.0682. The number of nitrogens with one attached hydrogen (secondary N) is 4. The molecule has 4 fully saturated rings. The van der Waals surface area contributed by atoms with Crippen molar-refractivity contribution in [2.45, 2.75) is 116 Å². The van der Waals surface area contributed by atoms with E-state index in [9.17, 15) is 0 Å². The van der Waals surface area contributed by atoms with E-state index in [-0.39, 0.29) is 0 Å². The summed E-state index contributed by atoms with van der Waals surface area (Å²) in [5, 5.41) is 24.5. The fourth-order valence-corrected chi connectivity index (χ4v) is 10.7. The van der Waals surface area contributed by atoms with Crippen LogP contribution in [0.5, 0.6) is 11.5 Å². The Labute approximate surface area is 450 Å². The predicted octanol–water partition coefficient (Wildman–Crippen LogP) is 8.48. The zero-order valence-corrected chi connectivity index (χ0v) is 46.3. The molecule has 0 radical (unpaired) electrons. The summed E-state index contributed by atoms with van der Waals surface area (Å²) in [5.74, 6) is 17.6. The van der Waals surface area contributed by atoms with Crippen LogP contribution in [0.3, 0.4) is 0 Å². The van der Waals surface area contributed by atoms with Crippen LogP contribution in [0.4, 0.5) is 34.9 Å². The van der Waals surface area contributed by atoms with Crippen LogP contribution in [0.25, 0.3) is 21.8 Å². The smallest absolute Gasteiger partial charge is 0.229 e. The Morgan fingerprint density at radius 3 is 1.29 bits per heavy atom. The molecule has 2 aromatic carbocycles. The summed E-state index contributed by atoms with van der Waals surface area (Å²) in [7, 11) is 7.18. The number of aromatic nitrogens is 8. The van der Waals surface area contributed by atoms with Crippen LogP contribution in [0.1, 0.15) is 103 Å². The van der Waals surface area contributed by atoms with Gasteiger partial charge >= 0.3 is 0 Å². The van der Waals surface area contributed by atoms with E-state index in [1.54, 1.807) is 36.0 Å². The number of aryl methyl sites for hydroxylation is 2. The number of fused-ring (bicyclic) bond motifs is 2. The van der Waals surface area contributed by atoms with Crippen molar-refractivity contribution in [1.82, 2.24) is 59.1 Å². The summed E-state index contributed by atoms with van der Waals surface area (Å²) in [5.41, 5.74) is 5.06. The Hall–Kier alpha value is -6.70. The van der Waals surface area contributed by atoms with Crippen molar-refractivity contribution in [2.75, 3.05) is 101 Å². The van der Waals surface area contributed by atoms with Crippen LogP contribution in [-0.2, 0) is 14.1 Å². The Morgan fingerprint density at radius 1 is 0.553 bits per heavy atom. The van der Waals surface area contributed by atoms with Crippen molar-refractivity contribution in [3.05, 3.63) is 60.2 Å². The lowest BCUT2D eigenvalue weighted by atomic mass is 10.0. The van der Waals surface area contributed by atoms with Crippen LogP contribution < -0.4 is 30.7 Å². The van der Waals surface area contributed by atoms with E-state index < -0.39 is 0 Å². The van der Waals surface area contributed by atoms with Crippen LogP contribution in [-0.4, -0.2) is 163 Å². The fourth-order valence-electron chi connectivity index (χ4n) is 10.7. The largest absolute Gasteiger partial charge is 0.495 e. The molecule has 0 aliphatic carbocycles. The molecule has 0 unspecified atom stereocenters. The molecule has 6 aromatic rings. The van der Waals surface area contributed by atoms with Gasteiger partial charge < -0.3 is 50.3 Å². The molecule has 4 aromatic heterocycles. The highest BCUT2D eigenvalue weighted by Crippen LogP contribution is 2.34. The molecule has 4 aliphatic heterocycles. The Morgan fingerprint density at radius 2 is 0.947 bits per heavy atom. The second-order valence-electron chi connectivity index (χ2n) is 21.3. The number of piperidine rings is 2. The van der Waals surface area contributed by atoms with Crippen LogP contribution in [0.15, 0.2) is 49.1 Å². The summed E-state index contributed by atoms with van der Waals surface area (Å²) < 4.78 is 15.0. The summed E-state index contributed by atoms with van der Waals surface area (Å²) >= 11 is 0. The summed E-state index contributed by atoms with van der Waals surface area (Å²) in [4.78, 5) is 29.5. The molecule has 18 nitrogen and oxygen atoms in total. The molecule has 0 spiro atoms. The zero-order chi connectivity index (χ0) is 53.0. The number of hydrogen-bond donors (Lipinski definition) is 4. The first-order valence-corrected chi connectivity index (χ1v) is 27.7. The van der Waals surface area contributed by atoms with Gasteiger partial charge in [0.15, 0.2) is 0 Å². The van der Waals surface area contributed by atoms with E-state index in [0.717, 1.165) is 145 Å². The zero-order valence-electron chi connectivity index (χ0n) is 46.3. The lowest BCUT2D eigenvalue weighted by molar-refractivity contribution is 0.177. The van der Waals surface area contributed by atoms with Gasteiger partial charge in [0.2, 0.25) is 11.9 Å². The number of likely N-dealkylation sites (tertiary alicyclic amines) is 4. The molecule has 4 saturated heterocycles. The summed E-state index contributed by atoms with van der Waals surface area (Å²) in [6.07, 6.45) is 18.6. The topological polar surface area (TPSA) is 167 Å². The molecular weight excluding hydrogens is 953 g/mol. The molecule has 8 heterocycles. The number of ether oxygens (including phenoxy) is 2. The van der Waals surface area contributed by atoms with Gasteiger partial charge in [-0.3, -0.25) is 9.36 Å². The summed E-state index contributed by atoms with van der Waals surface area (Å²) in [6.45, 7) is 20.2. The minimum absolute atomic E-state index is 0.352. The SMILES string of the molecule is COc1cc2c(NC3CCN(C(C)C)CC3)nc(Nc3cnn(C)c3)nc2cc1C#CCCN1CCCC1.COc1cc2c(NC3CCN(C(C)C)CC3)nc(Nc3cnn(C)c3)nc2cc1C#CCCN1CCCC1. The van der Waals surface area contributed by atoms with Crippen molar-refractivity contribution in [2.24, 2.45) is 14.1 Å². The molecule has 404 valence electrons. The molecule has 10 rings (SSSR count). The van der Waals surface area contributed by atoms with Gasteiger partial charge in [-0.05, 0) is 130 Å². The normalized spacial score (nSPS) is 17.1.